The molecule has 3 aliphatic rings. The van der Waals surface area contributed by atoms with E-state index in [1.165, 1.54) is 5.56 Å². The zero-order valence-electron chi connectivity index (χ0n) is 17.0. The van der Waals surface area contributed by atoms with E-state index in [0.717, 1.165) is 49.7 Å². The first-order valence-electron chi connectivity index (χ1n) is 10.5. The Morgan fingerprint density at radius 1 is 1.31 bits per heavy atom. The van der Waals surface area contributed by atoms with Crippen LogP contribution < -0.4 is 9.32 Å². The lowest BCUT2D eigenvalue weighted by Crippen LogP contribution is -2.42. The molecule has 1 fully saturated rings. The van der Waals surface area contributed by atoms with Crippen LogP contribution in [0.3, 0.4) is 0 Å². The molecule has 1 aromatic carbocycles. The molecule has 4 atom stereocenters. The number of hydrogen-bond donors (Lipinski definition) is 1. The predicted molar refractivity (Wildman–Crippen MR) is 110 cm³/mol. The van der Waals surface area contributed by atoms with Gasteiger partial charge in [0, 0.05) is 11.0 Å². The van der Waals surface area contributed by atoms with Gasteiger partial charge in [-0.05, 0) is 79.5 Å². The summed E-state index contributed by atoms with van der Waals surface area (Å²) in [5.74, 6) is 1.52. The Morgan fingerprint density at radius 2 is 2.10 bits per heavy atom. The van der Waals surface area contributed by atoms with Crippen molar-refractivity contribution in [1.29, 1.82) is 0 Å². The minimum atomic E-state index is -4.02. The quantitative estimate of drug-likeness (QED) is 0.736. The van der Waals surface area contributed by atoms with Gasteiger partial charge in [-0.2, -0.15) is 13.6 Å². The van der Waals surface area contributed by atoms with Crippen molar-refractivity contribution < 1.29 is 22.1 Å². The van der Waals surface area contributed by atoms with Crippen molar-refractivity contribution in [2.24, 2.45) is 22.4 Å². The van der Waals surface area contributed by atoms with Crippen LogP contribution in [0.15, 0.2) is 29.8 Å². The number of carbonyl (C=O) groups is 1. The van der Waals surface area contributed by atoms with Gasteiger partial charge in [0.15, 0.2) is 0 Å². The molecule has 0 heterocycles. The highest BCUT2D eigenvalue weighted by molar-refractivity contribution is 7.84. The third kappa shape index (κ3) is 3.70. The van der Waals surface area contributed by atoms with Crippen molar-refractivity contribution in [3.05, 3.63) is 41.0 Å². The summed E-state index contributed by atoms with van der Waals surface area (Å²) in [7, 11) is -4.02. The molecule has 0 spiro atoms. The van der Waals surface area contributed by atoms with Crippen molar-refractivity contribution in [2.75, 3.05) is 6.61 Å². The number of esters is 1. The van der Waals surface area contributed by atoms with Crippen LogP contribution in [0.1, 0.15) is 63.0 Å². The Kier molecular flexibility index (Phi) is 5.23. The predicted octanol–water partition coefficient (Wildman–Crippen LogP) is 3.61. The van der Waals surface area contributed by atoms with Crippen LogP contribution in [0.25, 0.3) is 0 Å². The number of allylic oxidation sites excluding steroid dienone is 1. The van der Waals surface area contributed by atoms with Crippen molar-refractivity contribution in [1.82, 2.24) is 0 Å². The van der Waals surface area contributed by atoms with E-state index in [1.807, 2.05) is 19.1 Å². The van der Waals surface area contributed by atoms with Crippen molar-refractivity contribution >= 4 is 16.3 Å². The van der Waals surface area contributed by atoms with Gasteiger partial charge in [0.25, 0.3) is 0 Å². The van der Waals surface area contributed by atoms with Gasteiger partial charge in [0.1, 0.15) is 5.75 Å². The summed E-state index contributed by atoms with van der Waals surface area (Å²) >= 11 is 0. The molecule has 6 nitrogen and oxygen atoms in total. The lowest BCUT2D eigenvalue weighted by atomic mass is 9.54. The average molecular weight is 420 g/mol. The maximum atomic E-state index is 12.6. The molecule has 0 saturated heterocycles. The van der Waals surface area contributed by atoms with E-state index in [4.69, 9.17) is 14.1 Å². The molecule has 158 valence electrons. The van der Waals surface area contributed by atoms with Gasteiger partial charge in [-0.15, -0.1) is 0 Å². The molecular formula is C22H29NO5S. The van der Waals surface area contributed by atoms with E-state index in [0.29, 0.717) is 24.4 Å². The second-order valence-electron chi connectivity index (χ2n) is 8.80. The maximum Gasteiger partial charge on any atom is 0.380 e. The number of benzene rings is 1. The molecule has 2 N–H and O–H groups in total. The Morgan fingerprint density at radius 3 is 2.83 bits per heavy atom. The van der Waals surface area contributed by atoms with Crippen molar-refractivity contribution in [3.63, 3.8) is 0 Å². The maximum absolute atomic E-state index is 12.6. The zero-order chi connectivity index (χ0) is 20.8. The number of aryl methyl sites for hydroxylation is 1. The average Bonchev–Trinajstić information content (AvgIpc) is 3.01. The highest BCUT2D eigenvalue weighted by Crippen LogP contribution is 2.61. The van der Waals surface area contributed by atoms with E-state index in [2.05, 4.69) is 13.0 Å². The number of ether oxygens (including phenoxy) is 1. The van der Waals surface area contributed by atoms with Crippen LogP contribution in [-0.2, 0) is 26.3 Å². The van der Waals surface area contributed by atoms with Crippen LogP contribution in [0.2, 0.25) is 0 Å². The molecule has 4 rings (SSSR count). The Balaban J connectivity index is 1.56. The summed E-state index contributed by atoms with van der Waals surface area (Å²) in [5.41, 5.74) is 3.19. The number of nitrogens with two attached hydrogens (primary N) is 1. The number of hydrogen-bond acceptors (Lipinski definition) is 5. The highest BCUT2D eigenvalue weighted by Gasteiger charge is 2.53. The fraction of sp³-hybridized carbons (Fsp3) is 0.591. The van der Waals surface area contributed by atoms with E-state index in [-0.39, 0.29) is 17.1 Å². The standard InChI is InChI=1S/C22H29NO5S/c1-3-12-27-21(24)20-9-8-19-18-6-4-14-13-15(28-29(23,25)26)5-7-16(14)17(18)10-11-22(19,20)2/h5,7,9,13,17-19H,3-4,6,8,10-12H2,1-2H3,(H2,23,25,26)/t17-,18-,19+,22+/m1/s1. The van der Waals surface area contributed by atoms with Crippen LogP contribution in [-0.4, -0.2) is 21.0 Å². The third-order valence-electron chi connectivity index (χ3n) is 7.15. The molecule has 3 aliphatic carbocycles. The van der Waals surface area contributed by atoms with Crippen LogP contribution in [0, 0.1) is 17.3 Å². The van der Waals surface area contributed by atoms with Gasteiger partial charge in [-0.1, -0.05) is 26.0 Å². The molecule has 0 unspecified atom stereocenters. The molecular weight excluding hydrogens is 390 g/mol. The molecule has 0 aromatic heterocycles. The summed E-state index contributed by atoms with van der Waals surface area (Å²) in [4.78, 5) is 12.6. The molecule has 0 amide bonds. The fourth-order valence-electron chi connectivity index (χ4n) is 5.90. The van der Waals surface area contributed by atoms with E-state index in [1.54, 1.807) is 6.07 Å². The summed E-state index contributed by atoms with van der Waals surface area (Å²) in [5, 5.41) is 5.00. The molecule has 1 saturated carbocycles. The van der Waals surface area contributed by atoms with Crippen LogP contribution in [0.4, 0.5) is 0 Å². The lowest BCUT2D eigenvalue weighted by Gasteiger charge is -2.50. The highest BCUT2D eigenvalue weighted by atomic mass is 32.2. The van der Waals surface area contributed by atoms with Gasteiger partial charge in [-0.3, -0.25) is 0 Å². The van der Waals surface area contributed by atoms with Crippen LogP contribution in [0.5, 0.6) is 5.75 Å². The van der Waals surface area contributed by atoms with E-state index in [9.17, 15) is 13.2 Å². The monoisotopic (exact) mass is 419 g/mol. The molecule has 1 aromatic rings. The SMILES string of the molecule is CCCOC(=O)C1=CC[C@H]2[C@@H]3CCc4cc(OS(N)(=O)=O)ccc4[C@H]3CC[C@]12C. The minimum Gasteiger partial charge on any atom is -0.462 e. The topological polar surface area (TPSA) is 95.7 Å². The summed E-state index contributed by atoms with van der Waals surface area (Å²) in [6, 6.07) is 5.50. The van der Waals surface area contributed by atoms with Gasteiger partial charge in [0.2, 0.25) is 0 Å². The first-order chi connectivity index (χ1) is 13.7. The molecule has 29 heavy (non-hydrogen) atoms. The Bertz CT molecular complexity index is 954. The molecule has 0 bridgehead atoms. The summed E-state index contributed by atoms with van der Waals surface area (Å²) in [6.07, 6.45) is 7.75. The third-order valence-corrected chi connectivity index (χ3v) is 7.57. The van der Waals surface area contributed by atoms with Gasteiger partial charge < -0.3 is 8.92 Å². The lowest BCUT2D eigenvalue weighted by molar-refractivity contribution is -0.141. The normalized spacial score (nSPS) is 30.6. The molecule has 0 radical (unpaired) electrons. The first kappa shape index (κ1) is 20.4. The largest absolute Gasteiger partial charge is 0.462 e. The summed E-state index contributed by atoms with van der Waals surface area (Å²) in [6.45, 7) is 4.71. The van der Waals surface area contributed by atoms with Gasteiger partial charge >= 0.3 is 16.3 Å². The Labute approximate surface area is 172 Å². The minimum absolute atomic E-state index is 0.111. The van der Waals surface area contributed by atoms with Crippen molar-refractivity contribution in [3.8, 4) is 5.75 Å². The summed E-state index contributed by atoms with van der Waals surface area (Å²) < 4.78 is 32.7. The fourth-order valence-corrected chi connectivity index (χ4v) is 6.27. The Hall–Kier alpha value is -1.86. The smallest absolute Gasteiger partial charge is 0.380 e. The van der Waals surface area contributed by atoms with Gasteiger partial charge in [-0.25, -0.2) is 4.79 Å². The molecule has 0 aliphatic heterocycles. The van der Waals surface area contributed by atoms with E-state index < -0.39 is 10.3 Å². The van der Waals surface area contributed by atoms with E-state index >= 15 is 0 Å². The molecule has 7 heteroatoms. The second kappa shape index (κ2) is 7.43. The van der Waals surface area contributed by atoms with Gasteiger partial charge in [0.05, 0.1) is 6.61 Å². The first-order valence-corrected chi connectivity index (χ1v) is 11.9. The number of fused-ring (bicyclic) bond motifs is 5. The second-order valence-corrected chi connectivity index (χ2v) is 9.95. The number of carbonyl (C=O) groups excluding carboxylic acids is 1. The van der Waals surface area contributed by atoms with Crippen LogP contribution >= 0.6 is 0 Å². The number of rotatable bonds is 5. The van der Waals surface area contributed by atoms with Crippen molar-refractivity contribution in [2.45, 2.75) is 58.3 Å². The zero-order valence-corrected chi connectivity index (χ0v) is 17.8.